The highest BCUT2D eigenvalue weighted by atomic mass is 16.5. The van der Waals surface area contributed by atoms with Gasteiger partial charge in [-0.25, -0.2) is 4.79 Å². The Balaban J connectivity index is 2.32. The molecule has 0 unspecified atom stereocenters. The van der Waals surface area contributed by atoms with Crippen LogP contribution >= 0.6 is 0 Å². The van der Waals surface area contributed by atoms with Gasteiger partial charge < -0.3 is 19.5 Å². The van der Waals surface area contributed by atoms with Crippen molar-refractivity contribution in [1.82, 2.24) is 0 Å². The molecule has 0 aliphatic heterocycles. The number of hydrogen-bond acceptors (Lipinski definition) is 4. The molecule has 0 aliphatic rings. The number of urea groups is 1. The summed E-state index contributed by atoms with van der Waals surface area (Å²) in [4.78, 5) is 14.5. The molecule has 2 aromatic rings. The molecule has 2 aromatic carbocycles. The molecule has 0 saturated carbocycles. The molecule has 6 nitrogen and oxygen atoms in total. The highest BCUT2D eigenvalue weighted by Gasteiger charge is 2.18. The van der Waals surface area contributed by atoms with Crippen molar-refractivity contribution in [3.63, 3.8) is 0 Å². The fraction of sp³-hybridized carbons (Fsp3) is 0.381. The fourth-order valence-corrected chi connectivity index (χ4v) is 2.70. The van der Waals surface area contributed by atoms with Gasteiger partial charge in [-0.05, 0) is 39.8 Å². The number of amides is 2. The predicted octanol–water partition coefficient (Wildman–Crippen LogP) is 4.94. The van der Waals surface area contributed by atoms with Crippen LogP contribution in [0.5, 0.6) is 17.2 Å². The lowest BCUT2D eigenvalue weighted by Crippen LogP contribution is -2.34. The number of anilines is 2. The van der Waals surface area contributed by atoms with Crippen LogP contribution in [-0.2, 0) is 0 Å². The number of nitrogens with zero attached hydrogens (tertiary/aromatic N) is 1. The van der Waals surface area contributed by atoms with E-state index in [0.717, 1.165) is 5.69 Å². The third-order valence-corrected chi connectivity index (χ3v) is 3.79. The first-order chi connectivity index (χ1) is 13.1. The van der Waals surface area contributed by atoms with Crippen molar-refractivity contribution in [3.05, 3.63) is 42.5 Å². The summed E-state index contributed by atoms with van der Waals surface area (Å²) in [5.74, 6) is 1.64. The Labute approximate surface area is 161 Å². The molecular weight excluding hydrogens is 344 g/mol. The summed E-state index contributed by atoms with van der Waals surface area (Å²) in [7, 11) is 0. The number of benzene rings is 2. The average molecular weight is 372 g/mol. The first-order valence-electron chi connectivity index (χ1n) is 9.34. The number of carbonyl (C=O) groups excluding carboxylic acids is 1. The van der Waals surface area contributed by atoms with Gasteiger partial charge in [-0.2, -0.15) is 0 Å². The van der Waals surface area contributed by atoms with Crippen molar-refractivity contribution in [2.75, 3.05) is 36.6 Å². The molecule has 0 aromatic heterocycles. The molecule has 2 rings (SSSR count). The van der Waals surface area contributed by atoms with E-state index < -0.39 is 0 Å². The van der Waals surface area contributed by atoms with Gasteiger partial charge in [0.05, 0.1) is 25.5 Å². The Morgan fingerprint density at radius 2 is 1.44 bits per heavy atom. The van der Waals surface area contributed by atoms with E-state index in [4.69, 9.17) is 14.2 Å². The lowest BCUT2D eigenvalue weighted by Gasteiger charge is -2.22. The molecule has 0 bridgehead atoms. The largest absolute Gasteiger partial charge is 0.490 e. The van der Waals surface area contributed by atoms with E-state index in [1.807, 2.05) is 58.0 Å². The summed E-state index contributed by atoms with van der Waals surface area (Å²) >= 11 is 0. The van der Waals surface area contributed by atoms with Gasteiger partial charge in [-0.15, -0.1) is 0 Å². The van der Waals surface area contributed by atoms with Crippen molar-refractivity contribution < 1.29 is 19.0 Å². The van der Waals surface area contributed by atoms with Crippen LogP contribution in [0.1, 0.15) is 27.7 Å². The average Bonchev–Trinajstić information content (AvgIpc) is 2.66. The van der Waals surface area contributed by atoms with Gasteiger partial charge >= 0.3 is 6.03 Å². The molecule has 27 heavy (non-hydrogen) atoms. The van der Waals surface area contributed by atoms with E-state index in [1.54, 1.807) is 17.0 Å². The zero-order chi connectivity index (χ0) is 19.6. The van der Waals surface area contributed by atoms with E-state index in [0.29, 0.717) is 49.3 Å². The number of hydrogen-bond donors (Lipinski definition) is 1. The third kappa shape index (κ3) is 5.29. The minimum atomic E-state index is -0.224. The molecule has 146 valence electrons. The first-order valence-corrected chi connectivity index (χ1v) is 9.34. The van der Waals surface area contributed by atoms with Gasteiger partial charge in [-0.1, -0.05) is 18.2 Å². The molecule has 0 fully saturated rings. The van der Waals surface area contributed by atoms with Crippen molar-refractivity contribution in [2.45, 2.75) is 27.7 Å². The molecule has 0 radical (unpaired) electrons. The van der Waals surface area contributed by atoms with Crippen LogP contribution in [0.25, 0.3) is 0 Å². The third-order valence-electron chi connectivity index (χ3n) is 3.79. The van der Waals surface area contributed by atoms with Crippen LogP contribution in [0.3, 0.4) is 0 Å². The zero-order valence-electron chi connectivity index (χ0n) is 16.5. The Kier molecular flexibility index (Phi) is 7.79. The Hall–Kier alpha value is -2.89. The summed E-state index contributed by atoms with van der Waals surface area (Å²) in [5.41, 5.74) is 1.42. The Bertz CT molecular complexity index is 707. The number of ether oxygens (including phenoxy) is 3. The predicted molar refractivity (Wildman–Crippen MR) is 108 cm³/mol. The van der Waals surface area contributed by atoms with Crippen LogP contribution in [0.15, 0.2) is 42.5 Å². The summed E-state index contributed by atoms with van der Waals surface area (Å²) in [6, 6.07) is 12.8. The van der Waals surface area contributed by atoms with Crippen LogP contribution in [0.4, 0.5) is 16.2 Å². The highest BCUT2D eigenvalue weighted by molar-refractivity contribution is 6.02. The van der Waals surface area contributed by atoms with E-state index in [2.05, 4.69) is 5.32 Å². The summed E-state index contributed by atoms with van der Waals surface area (Å²) in [6.07, 6.45) is 0. The zero-order valence-corrected chi connectivity index (χ0v) is 16.5. The summed E-state index contributed by atoms with van der Waals surface area (Å²) in [6.45, 7) is 9.63. The van der Waals surface area contributed by atoms with Crippen molar-refractivity contribution in [3.8, 4) is 17.2 Å². The molecular formula is C21H28N2O4. The fourth-order valence-electron chi connectivity index (χ4n) is 2.70. The lowest BCUT2D eigenvalue weighted by atomic mass is 10.2. The molecule has 0 saturated heterocycles. The molecule has 0 atom stereocenters. The smallest absolute Gasteiger partial charge is 0.326 e. The normalized spacial score (nSPS) is 10.2. The van der Waals surface area contributed by atoms with E-state index in [1.165, 1.54) is 0 Å². The maximum atomic E-state index is 12.8. The Morgan fingerprint density at radius 1 is 0.889 bits per heavy atom. The molecule has 0 heterocycles. The number of rotatable bonds is 9. The number of nitrogens with one attached hydrogen (secondary N) is 1. The number of para-hydroxylation sites is 1. The topological polar surface area (TPSA) is 60.0 Å². The van der Waals surface area contributed by atoms with Gasteiger partial charge in [0, 0.05) is 24.4 Å². The second-order valence-corrected chi connectivity index (χ2v) is 5.61. The van der Waals surface area contributed by atoms with Crippen molar-refractivity contribution in [1.29, 1.82) is 0 Å². The first kappa shape index (κ1) is 20.4. The molecule has 0 spiro atoms. The minimum absolute atomic E-state index is 0.224. The monoisotopic (exact) mass is 372 g/mol. The molecule has 2 amide bonds. The van der Waals surface area contributed by atoms with Crippen LogP contribution in [-0.4, -0.2) is 32.4 Å². The summed E-state index contributed by atoms with van der Waals surface area (Å²) in [5, 5.41) is 2.93. The second kappa shape index (κ2) is 10.3. The quantitative estimate of drug-likeness (QED) is 0.677. The van der Waals surface area contributed by atoms with Crippen LogP contribution in [0, 0.1) is 0 Å². The van der Waals surface area contributed by atoms with E-state index in [9.17, 15) is 4.79 Å². The van der Waals surface area contributed by atoms with Gasteiger partial charge in [0.2, 0.25) is 5.75 Å². The molecule has 1 N–H and O–H groups in total. The highest BCUT2D eigenvalue weighted by Crippen LogP contribution is 2.41. The minimum Gasteiger partial charge on any atom is -0.490 e. The van der Waals surface area contributed by atoms with Crippen LogP contribution < -0.4 is 24.4 Å². The van der Waals surface area contributed by atoms with Gasteiger partial charge in [0.25, 0.3) is 0 Å². The van der Waals surface area contributed by atoms with Gasteiger partial charge in [0.1, 0.15) is 0 Å². The maximum Gasteiger partial charge on any atom is 0.326 e. The van der Waals surface area contributed by atoms with Gasteiger partial charge in [-0.3, -0.25) is 4.90 Å². The Morgan fingerprint density at radius 3 is 1.93 bits per heavy atom. The van der Waals surface area contributed by atoms with E-state index >= 15 is 0 Å². The second-order valence-electron chi connectivity index (χ2n) is 5.61. The standard InChI is InChI=1S/C21H28N2O4/c1-5-23(17-12-10-9-11-13-17)21(24)22-16-14-18(25-6-2)20(27-8-4)19(15-16)26-7-3/h9-15H,5-8H2,1-4H3,(H,22,24). The van der Waals surface area contributed by atoms with Gasteiger partial charge in [0.15, 0.2) is 11.5 Å². The summed E-state index contributed by atoms with van der Waals surface area (Å²) < 4.78 is 17.1. The lowest BCUT2D eigenvalue weighted by molar-refractivity contribution is 0.256. The molecule has 6 heteroatoms. The van der Waals surface area contributed by atoms with Crippen molar-refractivity contribution >= 4 is 17.4 Å². The number of carbonyl (C=O) groups is 1. The SMILES string of the molecule is CCOc1cc(NC(=O)N(CC)c2ccccc2)cc(OCC)c1OCC. The van der Waals surface area contributed by atoms with Crippen molar-refractivity contribution in [2.24, 2.45) is 0 Å². The molecule has 0 aliphatic carbocycles. The maximum absolute atomic E-state index is 12.8. The van der Waals surface area contributed by atoms with Crippen LogP contribution in [0.2, 0.25) is 0 Å². The van der Waals surface area contributed by atoms with E-state index in [-0.39, 0.29) is 6.03 Å².